The van der Waals surface area contributed by atoms with Gasteiger partial charge in [0.05, 0.1) is 0 Å². The molecule has 94 valence electrons. The lowest BCUT2D eigenvalue weighted by atomic mass is 10.1. The Morgan fingerprint density at radius 1 is 0.722 bits per heavy atom. The minimum absolute atomic E-state index is 1.23. The van der Waals surface area contributed by atoms with Gasteiger partial charge in [0, 0.05) is 0 Å². The van der Waals surface area contributed by atoms with E-state index in [1.807, 2.05) is 36.4 Å². The van der Waals surface area contributed by atoms with Crippen LogP contribution in [-0.2, 0) is 4.57 Å². The summed E-state index contributed by atoms with van der Waals surface area (Å²) in [5, 5.41) is 0. The summed E-state index contributed by atoms with van der Waals surface area (Å²) < 4.78 is 8.74. The molecule has 4 heteroatoms. The maximum Gasteiger partial charge on any atom is 0.314 e. The maximum atomic E-state index is 8.74. The highest BCUT2D eigenvalue weighted by molar-refractivity contribution is 7.30. The average Bonchev–Trinajstić information content (AvgIpc) is 2.38. The predicted molar refractivity (Wildman–Crippen MR) is 75.3 cm³/mol. The van der Waals surface area contributed by atoms with Crippen LogP contribution in [0.3, 0.4) is 0 Å². The van der Waals surface area contributed by atoms with Gasteiger partial charge < -0.3 is 9.79 Å². The van der Waals surface area contributed by atoms with Crippen molar-refractivity contribution in [1.29, 1.82) is 0 Å². The first kappa shape index (κ1) is 14.4. The Morgan fingerprint density at radius 3 is 1.28 bits per heavy atom. The third-order valence-corrected chi connectivity index (χ3v) is 2.07. The van der Waals surface area contributed by atoms with Gasteiger partial charge in [-0.15, -0.1) is 0 Å². The van der Waals surface area contributed by atoms with Crippen LogP contribution in [0.5, 0.6) is 0 Å². The first-order chi connectivity index (χ1) is 8.68. The summed E-state index contributed by atoms with van der Waals surface area (Å²) in [7, 11) is -3.13. The Bertz CT molecular complexity index is 449. The highest BCUT2D eigenvalue weighted by atomic mass is 31.1. The molecule has 0 saturated carbocycles. The second kappa shape index (κ2) is 8.43. The van der Waals surface area contributed by atoms with Crippen molar-refractivity contribution in [3.8, 4) is 0 Å². The average molecular weight is 262 g/mol. The van der Waals surface area contributed by atoms with Crippen LogP contribution in [0.1, 0.15) is 11.1 Å². The molecule has 0 aliphatic rings. The maximum absolute atomic E-state index is 8.74. The number of hydrogen-bond acceptors (Lipinski definition) is 1. The molecule has 2 N–H and O–H groups in total. The molecule has 2 aromatic carbocycles. The van der Waals surface area contributed by atoms with Crippen LogP contribution in [0.25, 0.3) is 12.2 Å². The predicted octanol–water partition coefficient (Wildman–Crippen LogP) is 3.22. The van der Waals surface area contributed by atoms with Gasteiger partial charge in [-0.3, -0.25) is 4.57 Å². The van der Waals surface area contributed by atoms with Crippen molar-refractivity contribution in [3.05, 3.63) is 71.8 Å². The lowest BCUT2D eigenvalue weighted by molar-refractivity contribution is 0.405. The third-order valence-electron chi connectivity index (χ3n) is 2.07. The molecule has 0 amide bonds. The second-order valence-electron chi connectivity index (χ2n) is 3.44. The van der Waals surface area contributed by atoms with Crippen molar-refractivity contribution >= 4 is 20.4 Å². The molecular weight excluding hydrogens is 247 g/mol. The van der Waals surface area contributed by atoms with Crippen LogP contribution in [0, 0.1) is 0 Å². The number of rotatable bonds is 2. The first-order valence-corrected chi connectivity index (χ1v) is 6.69. The van der Waals surface area contributed by atoms with Crippen LogP contribution < -0.4 is 0 Å². The fourth-order valence-electron chi connectivity index (χ4n) is 1.32. The Labute approximate surface area is 107 Å². The standard InChI is InChI=1S/C14H12.H3O3P/c1-3-7-13(8-4-1)11-12-14-9-5-2-6-10-14;1-4(2)3/h1-12H;4H,(H2,1,2,3)/b12-11+;. The zero-order valence-corrected chi connectivity index (χ0v) is 10.7. The normalized spacial score (nSPS) is 10.2. The number of hydrogen-bond donors (Lipinski definition) is 2. The van der Waals surface area contributed by atoms with Crippen molar-refractivity contribution in [2.24, 2.45) is 0 Å². The lowest BCUT2D eigenvalue weighted by Crippen LogP contribution is -1.70. The summed E-state index contributed by atoms with van der Waals surface area (Å²) in [6, 6.07) is 20.6. The van der Waals surface area contributed by atoms with E-state index in [0.29, 0.717) is 0 Å². The second-order valence-corrected chi connectivity index (χ2v) is 4.00. The summed E-state index contributed by atoms with van der Waals surface area (Å²) in [5.74, 6) is 0. The molecule has 0 aliphatic carbocycles. The van der Waals surface area contributed by atoms with E-state index in [-0.39, 0.29) is 0 Å². The fourth-order valence-corrected chi connectivity index (χ4v) is 1.32. The van der Waals surface area contributed by atoms with Gasteiger partial charge in [0.15, 0.2) is 0 Å². The van der Waals surface area contributed by atoms with E-state index in [1.165, 1.54) is 11.1 Å². The van der Waals surface area contributed by atoms with Crippen molar-refractivity contribution in [1.82, 2.24) is 0 Å². The van der Waals surface area contributed by atoms with Gasteiger partial charge in [-0.2, -0.15) is 0 Å². The van der Waals surface area contributed by atoms with Gasteiger partial charge in [-0.05, 0) is 11.1 Å². The zero-order valence-electron chi connectivity index (χ0n) is 9.73. The molecule has 2 aromatic rings. The third kappa shape index (κ3) is 6.81. The van der Waals surface area contributed by atoms with Gasteiger partial charge in [-0.25, -0.2) is 0 Å². The molecule has 3 nitrogen and oxygen atoms in total. The smallest absolute Gasteiger partial charge is 0.314 e. The molecular formula is C14H15O3P. The van der Waals surface area contributed by atoms with Crippen LogP contribution >= 0.6 is 8.25 Å². The fraction of sp³-hybridized carbons (Fsp3) is 0. The molecule has 2 rings (SSSR count). The van der Waals surface area contributed by atoms with Crippen LogP contribution in [0.4, 0.5) is 0 Å². The largest absolute Gasteiger partial charge is 0.326 e. The first-order valence-electron chi connectivity index (χ1n) is 5.38. The minimum atomic E-state index is -3.13. The Morgan fingerprint density at radius 2 is 1.00 bits per heavy atom. The van der Waals surface area contributed by atoms with Gasteiger partial charge in [0.1, 0.15) is 0 Å². The van der Waals surface area contributed by atoms with E-state index in [2.05, 4.69) is 36.4 Å². The minimum Gasteiger partial charge on any atom is -0.326 e. The summed E-state index contributed by atoms with van der Waals surface area (Å²) in [6.45, 7) is 0. The Hall–Kier alpha value is -1.67. The molecule has 0 bridgehead atoms. The SMILES string of the molecule is C(=C\c1ccccc1)/c1ccccc1.O=[PH](O)O. The molecule has 0 atom stereocenters. The van der Waals surface area contributed by atoms with Crippen LogP contribution in [0.2, 0.25) is 0 Å². The quantitative estimate of drug-likeness (QED) is 0.645. The lowest BCUT2D eigenvalue weighted by Gasteiger charge is -1.92. The van der Waals surface area contributed by atoms with Crippen molar-refractivity contribution in [2.45, 2.75) is 0 Å². The monoisotopic (exact) mass is 262 g/mol. The number of benzene rings is 2. The van der Waals surface area contributed by atoms with Crippen molar-refractivity contribution in [2.75, 3.05) is 0 Å². The van der Waals surface area contributed by atoms with Gasteiger partial charge in [-0.1, -0.05) is 72.8 Å². The van der Waals surface area contributed by atoms with E-state index < -0.39 is 8.25 Å². The van der Waals surface area contributed by atoms with E-state index in [1.54, 1.807) is 0 Å². The van der Waals surface area contributed by atoms with E-state index in [4.69, 9.17) is 14.4 Å². The summed E-state index contributed by atoms with van der Waals surface area (Å²) >= 11 is 0. The molecule has 18 heavy (non-hydrogen) atoms. The van der Waals surface area contributed by atoms with E-state index in [9.17, 15) is 0 Å². The van der Waals surface area contributed by atoms with Crippen molar-refractivity contribution in [3.63, 3.8) is 0 Å². The highest BCUT2D eigenvalue weighted by Crippen LogP contribution is 2.06. The Kier molecular flexibility index (Phi) is 6.74. The molecule has 0 heterocycles. The van der Waals surface area contributed by atoms with E-state index >= 15 is 0 Å². The summed E-state index contributed by atoms with van der Waals surface area (Å²) in [6.07, 6.45) is 4.24. The molecule has 0 spiro atoms. The van der Waals surface area contributed by atoms with Crippen LogP contribution in [-0.4, -0.2) is 9.79 Å². The molecule has 0 saturated heterocycles. The van der Waals surface area contributed by atoms with E-state index in [0.717, 1.165) is 0 Å². The molecule has 0 fully saturated rings. The van der Waals surface area contributed by atoms with Gasteiger partial charge in [0.25, 0.3) is 0 Å². The van der Waals surface area contributed by atoms with Gasteiger partial charge >= 0.3 is 8.25 Å². The topological polar surface area (TPSA) is 57.5 Å². The molecule has 0 aromatic heterocycles. The Balaban J connectivity index is 0.000000357. The van der Waals surface area contributed by atoms with Gasteiger partial charge in [0.2, 0.25) is 0 Å². The summed E-state index contributed by atoms with van der Waals surface area (Å²) in [4.78, 5) is 14.3. The van der Waals surface area contributed by atoms with Crippen molar-refractivity contribution < 1.29 is 14.4 Å². The molecule has 0 unspecified atom stereocenters. The highest BCUT2D eigenvalue weighted by Gasteiger charge is 1.84. The molecule has 0 aliphatic heterocycles. The van der Waals surface area contributed by atoms with Crippen LogP contribution in [0.15, 0.2) is 60.7 Å². The zero-order chi connectivity index (χ0) is 13.2. The summed E-state index contributed by atoms with van der Waals surface area (Å²) in [5.41, 5.74) is 2.47. The molecule has 0 radical (unpaired) electrons.